The van der Waals surface area contributed by atoms with Crippen molar-refractivity contribution in [1.29, 1.82) is 0 Å². The molecule has 0 aromatic heterocycles. The van der Waals surface area contributed by atoms with Gasteiger partial charge in [-0.1, -0.05) is 46.3 Å². The van der Waals surface area contributed by atoms with Gasteiger partial charge in [0.05, 0.1) is 11.0 Å². The molecule has 9 heteroatoms. The lowest BCUT2D eigenvalue weighted by Gasteiger charge is -2.72. The van der Waals surface area contributed by atoms with Crippen LogP contribution in [0.2, 0.25) is 0 Å². The Bertz CT molecular complexity index is 1300. The summed E-state index contributed by atoms with van der Waals surface area (Å²) < 4.78 is 17.6. The fourth-order valence-corrected chi connectivity index (χ4v) is 11.9. The van der Waals surface area contributed by atoms with E-state index >= 15 is 0 Å². The van der Waals surface area contributed by atoms with Crippen LogP contribution in [0.25, 0.3) is 0 Å². The number of aliphatic carboxylic acids is 1. The van der Waals surface area contributed by atoms with E-state index in [0.29, 0.717) is 38.5 Å². The molecule has 45 heavy (non-hydrogen) atoms. The molecule has 0 spiro atoms. The molecule has 4 saturated carbocycles. The Morgan fingerprint density at radius 2 is 1.51 bits per heavy atom. The lowest BCUT2D eigenvalue weighted by molar-refractivity contribution is -0.258. The Hall–Kier alpha value is -2.42. The van der Waals surface area contributed by atoms with E-state index in [1.165, 1.54) is 20.8 Å². The summed E-state index contributed by atoms with van der Waals surface area (Å²) in [5, 5.41) is 22.8. The molecule has 0 radical (unpaired) electrons. The molecule has 0 aromatic rings. The van der Waals surface area contributed by atoms with E-state index in [1.54, 1.807) is 0 Å². The first-order valence-electron chi connectivity index (χ1n) is 16.8. The van der Waals surface area contributed by atoms with Crippen molar-refractivity contribution in [3.05, 3.63) is 11.6 Å². The summed E-state index contributed by atoms with van der Waals surface area (Å²) in [5.74, 6) is -2.57. The normalized spacial score (nSPS) is 48.7. The van der Waals surface area contributed by atoms with Gasteiger partial charge < -0.3 is 24.4 Å². The van der Waals surface area contributed by atoms with Crippen LogP contribution in [0, 0.1) is 50.7 Å². The monoisotopic (exact) mass is 630 g/mol. The molecule has 4 fully saturated rings. The first kappa shape index (κ1) is 33.9. The Morgan fingerprint density at radius 1 is 0.867 bits per heavy atom. The van der Waals surface area contributed by atoms with Gasteiger partial charge in [0.25, 0.3) is 0 Å². The van der Waals surface area contributed by atoms with E-state index in [0.717, 1.165) is 18.4 Å². The lowest BCUT2D eigenvalue weighted by Crippen LogP contribution is -2.70. The van der Waals surface area contributed by atoms with Gasteiger partial charge in [0, 0.05) is 32.1 Å². The minimum absolute atomic E-state index is 0.0170. The van der Waals surface area contributed by atoms with Crippen LogP contribution in [-0.2, 0) is 33.4 Å². The molecule has 0 saturated heterocycles. The minimum Gasteiger partial charge on any atom is -0.481 e. The smallest absolute Gasteiger partial charge is 0.310 e. The zero-order valence-electron chi connectivity index (χ0n) is 28.7. The number of rotatable bonds is 5. The standard InChI is InChI=1S/C36H54O9/c1-20-12-15-36(30(40)41)17-16-33(7)24(28(36)35(20,9)42)10-11-27-31(5)18-25(44-22(3)38)29(45-23(4)39)32(6,19-43-21(2)37)26(31)13-14-34(27,33)8/h10,20,25-29,42H,11-19H2,1-9H3,(H,40,41)/t20-,25-,26-,27-,28-,29-,31+,32-,33-,34-,35-,36+/m1/s1. The molecule has 5 rings (SSSR count). The summed E-state index contributed by atoms with van der Waals surface area (Å²) in [6.07, 6.45) is 6.03. The highest BCUT2D eigenvalue weighted by atomic mass is 16.6. The van der Waals surface area contributed by atoms with Gasteiger partial charge in [0.1, 0.15) is 18.8 Å². The summed E-state index contributed by atoms with van der Waals surface area (Å²) in [5.41, 5.74) is -2.86. The van der Waals surface area contributed by atoms with Gasteiger partial charge in [-0.2, -0.15) is 0 Å². The van der Waals surface area contributed by atoms with Gasteiger partial charge in [-0.05, 0) is 92.3 Å². The highest BCUT2D eigenvalue weighted by Crippen LogP contribution is 2.76. The van der Waals surface area contributed by atoms with Crippen LogP contribution in [0.1, 0.15) is 114 Å². The molecule has 0 heterocycles. The second-order valence-corrected chi connectivity index (χ2v) is 16.5. The minimum atomic E-state index is -1.15. The number of fused-ring (bicyclic) bond motifs is 7. The molecule has 5 aliphatic carbocycles. The van der Waals surface area contributed by atoms with Crippen LogP contribution < -0.4 is 0 Å². The second-order valence-electron chi connectivity index (χ2n) is 16.5. The average molecular weight is 631 g/mol. The second kappa shape index (κ2) is 10.8. The lowest BCUT2D eigenvalue weighted by atomic mass is 9.33. The predicted octanol–water partition coefficient (Wildman–Crippen LogP) is 5.86. The molecule has 0 aromatic carbocycles. The van der Waals surface area contributed by atoms with Crippen LogP contribution in [0.5, 0.6) is 0 Å². The van der Waals surface area contributed by atoms with Gasteiger partial charge in [-0.15, -0.1) is 0 Å². The zero-order chi connectivity index (χ0) is 33.5. The van der Waals surface area contributed by atoms with E-state index in [2.05, 4.69) is 26.8 Å². The van der Waals surface area contributed by atoms with Crippen LogP contribution in [0.4, 0.5) is 0 Å². The number of carboxylic acid groups (broad SMARTS) is 1. The van der Waals surface area contributed by atoms with Gasteiger partial charge in [0.2, 0.25) is 0 Å². The van der Waals surface area contributed by atoms with Crippen LogP contribution >= 0.6 is 0 Å². The molecular formula is C36H54O9. The molecule has 0 amide bonds. The molecule has 0 unspecified atom stereocenters. The molecule has 2 N–H and O–H groups in total. The summed E-state index contributed by atoms with van der Waals surface area (Å²) in [6, 6.07) is 0. The maximum Gasteiger partial charge on any atom is 0.310 e. The Morgan fingerprint density at radius 3 is 2.09 bits per heavy atom. The van der Waals surface area contributed by atoms with Crippen molar-refractivity contribution in [2.45, 2.75) is 131 Å². The molecular weight excluding hydrogens is 576 g/mol. The van der Waals surface area contributed by atoms with E-state index < -0.39 is 63.8 Å². The molecule has 0 aliphatic heterocycles. The van der Waals surface area contributed by atoms with E-state index in [9.17, 15) is 29.4 Å². The van der Waals surface area contributed by atoms with E-state index in [1.807, 2.05) is 20.8 Å². The van der Waals surface area contributed by atoms with Crippen LogP contribution in [-0.4, -0.2) is 58.5 Å². The number of allylic oxidation sites excluding steroid dienone is 1. The van der Waals surface area contributed by atoms with Crippen LogP contribution in [0.3, 0.4) is 0 Å². The average Bonchev–Trinajstić information content (AvgIpc) is 2.91. The van der Waals surface area contributed by atoms with Crippen LogP contribution in [0.15, 0.2) is 11.6 Å². The van der Waals surface area contributed by atoms with Crippen molar-refractivity contribution in [2.75, 3.05) is 6.61 Å². The van der Waals surface area contributed by atoms with Gasteiger partial charge in [-0.3, -0.25) is 19.2 Å². The largest absolute Gasteiger partial charge is 0.481 e. The number of hydrogen-bond donors (Lipinski definition) is 2. The molecule has 12 atom stereocenters. The third kappa shape index (κ3) is 4.71. The summed E-state index contributed by atoms with van der Waals surface area (Å²) in [4.78, 5) is 50.0. The van der Waals surface area contributed by atoms with Crippen molar-refractivity contribution in [2.24, 2.45) is 50.7 Å². The number of aliphatic hydroxyl groups is 1. The first-order chi connectivity index (χ1) is 20.7. The highest BCUT2D eigenvalue weighted by molar-refractivity contribution is 5.77. The quantitative estimate of drug-likeness (QED) is 0.217. The third-order valence-electron chi connectivity index (χ3n) is 14.4. The fraction of sp³-hybridized carbons (Fsp3) is 0.833. The SMILES string of the molecule is CC(=O)OC[C@]1(C)[C@@H]2CC[C@]3(C)[C@H](CC=C4[C@H]5[C@](C(=O)O)(CC[C@@H](C)[C@@]5(C)O)CC[C@]43C)[C@@]2(C)C[C@@H](OC(C)=O)[C@H]1OC(C)=O. The molecule has 0 bridgehead atoms. The van der Waals surface area contributed by atoms with Crippen molar-refractivity contribution < 1.29 is 43.6 Å². The number of carbonyl (C=O) groups is 4. The number of ether oxygens (including phenoxy) is 3. The van der Waals surface area contributed by atoms with Crippen molar-refractivity contribution in [1.82, 2.24) is 0 Å². The maximum absolute atomic E-state index is 13.0. The van der Waals surface area contributed by atoms with Crippen molar-refractivity contribution in [3.63, 3.8) is 0 Å². The van der Waals surface area contributed by atoms with Crippen molar-refractivity contribution >= 4 is 23.9 Å². The molecule has 5 aliphatic rings. The number of esters is 3. The van der Waals surface area contributed by atoms with Gasteiger partial charge in [0.15, 0.2) is 0 Å². The summed E-state index contributed by atoms with van der Waals surface area (Å²) in [7, 11) is 0. The Balaban J connectivity index is 1.65. The summed E-state index contributed by atoms with van der Waals surface area (Å²) in [6.45, 7) is 16.9. The Labute approximate surface area is 267 Å². The van der Waals surface area contributed by atoms with E-state index in [-0.39, 0.29) is 35.2 Å². The van der Waals surface area contributed by atoms with Gasteiger partial charge >= 0.3 is 23.9 Å². The third-order valence-corrected chi connectivity index (χ3v) is 14.4. The van der Waals surface area contributed by atoms with Crippen molar-refractivity contribution in [3.8, 4) is 0 Å². The molecule has 252 valence electrons. The maximum atomic E-state index is 13.0. The predicted molar refractivity (Wildman–Crippen MR) is 166 cm³/mol. The number of hydrogen-bond acceptors (Lipinski definition) is 8. The summed E-state index contributed by atoms with van der Waals surface area (Å²) >= 11 is 0. The zero-order valence-corrected chi connectivity index (χ0v) is 28.7. The fourth-order valence-electron chi connectivity index (χ4n) is 11.9. The Kier molecular flexibility index (Phi) is 8.15. The van der Waals surface area contributed by atoms with Gasteiger partial charge in [-0.25, -0.2) is 0 Å². The number of carbonyl (C=O) groups excluding carboxylic acids is 3. The van der Waals surface area contributed by atoms with E-state index in [4.69, 9.17) is 14.2 Å². The number of carboxylic acids is 1. The highest BCUT2D eigenvalue weighted by Gasteiger charge is 2.73. The topological polar surface area (TPSA) is 136 Å². The molecule has 9 nitrogen and oxygen atoms in total. The first-order valence-corrected chi connectivity index (χ1v) is 16.8.